The number of halogens is 2. The third-order valence-corrected chi connectivity index (χ3v) is 3.40. The molecule has 0 amide bonds. The summed E-state index contributed by atoms with van der Waals surface area (Å²) in [5.41, 5.74) is 0.143. The second-order valence-electron chi connectivity index (χ2n) is 2.95. The molecule has 1 aromatic carbocycles. The Bertz CT molecular complexity index is 406. The molecular formula is C9H10F2O2S. The van der Waals surface area contributed by atoms with Gasteiger partial charge in [0, 0.05) is 11.8 Å². The predicted molar refractivity (Wildman–Crippen MR) is 49.5 cm³/mol. The molecule has 0 fully saturated rings. The molecule has 2 nitrogen and oxygen atoms in total. The zero-order valence-electron chi connectivity index (χ0n) is 7.63. The highest BCUT2D eigenvalue weighted by Gasteiger charge is 2.10. The lowest BCUT2D eigenvalue weighted by Gasteiger charge is -2.01. The van der Waals surface area contributed by atoms with Crippen LogP contribution in [-0.2, 0) is 15.6 Å². The van der Waals surface area contributed by atoms with Crippen molar-refractivity contribution in [3.63, 3.8) is 0 Å². The second-order valence-corrected chi connectivity index (χ2v) is 5.31. The molecule has 0 bridgehead atoms. The molecule has 78 valence electrons. The zero-order chi connectivity index (χ0) is 10.8. The van der Waals surface area contributed by atoms with E-state index in [1.54, 1.807) is 0 Å². The molecule has 0 heterocycles. The molecule has 0 aliphatic carbocycles. The van der Waals surface area contributed by atoms with Gasteiger partial charge in [-0.25, -0.2) is 17.2 Å². The van der Waals surface area contributed by atoms with Gasteiger partial charge in [0.2, 0.25) is 0 Å². The number of sulfone groups is 1. The van der Waals surface area contributed by atoms with Crippen LogP contribution in [0, 0.1) is 11.6 Å². The van der Waals surface area contributed by atoms with Gasteiger partial charge in [-0.1, -0.05) is 6.92 Å². The van der Waals surface area contributed by atoms with Crippen LogP contribution in [0.2, 0.25) is 0 Å². The molecule has 0 aromatic heterocycles. The van der Waals surface area contributed by atoms with Crippen molar-refractivity contribution < 1.29 is 17.2 Å². The number of hydrogen-bond donors (Lipinski definition) is 0. The summed E-state index contributed by atoms with van der Waals surface area (Å²) < 4.78 is 47.6. The average molecular weight is 220 g/mol. The molecule has 0 saturated carbocycles. The van der Waals surface area contributed by atoms with Gasteiger partial charge in [-0.05, 0) is 17.7 Å². The van der Waals surface area contributed by atoms with Crippen molar-refractivity contribution in [2.75, 3.05) is 5.75 Å². The maximum atomic E-state index is 12.7. The number of hydrogen-bond acceptors (Lipinski definition) is 2. The van der Waals surface area contributed by atoms with E-state index in [1.165, 1.54) is 6.92 Å². The monoisotopic (exact) mass is 220 g/mol. The second kappa shape index (κ2) is 4.04. The quantitative estimate of drug-likeness (QED) is 0.779. The molecule has 0 radical (unpaired) electrons. The fourth-order valence-electron chi connectivity index (χ4n) is 1.05. The van der Waals surface area contributed by atoms with Crippen LogP contribution < -0.4 is 0 Å². The smallest absolute Gasteiger partial charge is 0.154 e. The van der Waals surface area contributed by atoms with Crippen molar-refractivity contribution >= 4 is 9.84 Å². The van der Waals surface area contributed by atoms with Crippen LogP contribution >= 0.6 is 0 Å². The van der Waals surface area contributed by atoms with Gasteiger partial charge in [0.1, 0.15) is 11.6 Å². The van der Waals surface area contributed by atoms with Crippen molar-refractivity contribution in [3.05, 3.63) is 35.4 Å². The van der Waals surface area contributed by atoms with E-state index in [2.05, 4.69) is 0 Å². The molecule has 1 rings (SSSR count). The van der Waals surface area contributed by atoms with Crippen molar-refractivity contribution in [2.45, 2.75) is 12.7 Å². The first-order valence-electron chi connectivity index (χ1n) is 4.08. The van der Waals surface area contributed by atoms with Gasteiger partial charge in [-0.2, -0.15) is 0 Å². The Morgan fingerprint density at radius 2 is 1.64 bits per heavy atom. The molecule has 0 saturated heterocycles. The highest BCUT2D eigenvalue weighted by Crippen LogP contribution is 2.11. The summed E-state index contributed by atoms with van der Waals surface area (Å²) >= 11 is 0. The van der Waals surface area contributed by atoms with Crippen LogP contribution in [0.4, 0.5) is 8.78 Å². The van der Waals surface area contributed by atoms with Crippen LogP contribution in [0.1, 0.15) is 12.5 Å². The first kappa shape index (κ1) is 11.1. The summed E-state index contributed by atoms with van der Waals surface area (Å²) in [5, 5.41) is 0. The Morgan fingerprint density at radius 1 is 1.14 bits per heavy atom. The summed E-state index contributed by atoms with van der Waals surface area (Å²) in [6, 6.07) is 2.76. The average Bonchev–Trinajstić information content (AvgIpc) is 2.01. The summed E-state index contributed by atoms with van der Waals surface area (Å²) in [5.74, 6) is -1.87. The lowest BCUT2D eigenvalue weighted by Crippen LogP contribution is -2.07. The number of rotatable bonds is 3. The van der Waals surface area contributed by atoms with E-state index in [4.69, 9.17) is 0 Å². The fraction of sp³-hybridized carbons (Fsp3) is 0.333. The van der Waals surface area contributed by atoms with E-state index in [0.717, 1.165) is 12.1 Å². The van der Waals surface area contributed by atoms with Crippen LogP contribution in [-0.4, -0.2) is 14.2 Å². The highest BCUT2D eigenvalue weighted by atomic mass is 32.2. The van der Waals surface area contributed by atoms with Gasteiger partial charge >= 0.3 is 0 Å². The Kier molecular flexibility index (Phi) is 3.21. The Hall–Kier alpha value is -0.970. The summed E-state index contributed by atoms with van der Waals surface area (Å²) in [7, 11) is -3.24. The summed E-state index contributed by atoms with van der Waals surface area (Å²) in [4.78, 5) is 0. The van der Waals surface area contributed by atoms with Crippen LogP contribution in [0.15, 0.2) is 18.2 Å². The maximum Gasteiger partial charge on any atom is 0.154 e. The SMILES string of the molecule is CCS(=O)(=O)Cc1cc(F)cc(F)c1. The van der Waals surface area contributed by atoms with Crippen molar-refractivity contribution in [1.82, 2.24) is 0 Å². The van der Waals surface area contributed by atoms with E-state index in [0.29, 0.717) is 6.07 Å². The van der Waals surface area contributed by atoms with Crippen molar-refractivity contribution in [1.29, 1.82) is 0 Å². The van der Waals surface area contributed by atoms with Crippen molar-refractivity contribution in [3.8, 4) is 0 Å². The van der Waals surface area contributed by atoms with Gasteiger partial charge in [0.05, 0.1) is 5.75 Å². The summed E-state index contributed by atoms with van der Waals surface area (Å²) in [6.07, 6.45) is 0. The first-order chi connectivity index (χ1) is 6.43. The largest absolute Gasteiger partial charge is 0.229 e. The minimum Gasteiger partial charge on any atom is -0.229 e. The molecule has 0 aliphatic rings. The van der Waals surface area contributed by atoms with Gasteiger partial charge in [-0.3, -0.25) is 0 Å². The Labute approximate surface area is 81.5 Å². The zero-order valence-corrected chi connectivity index (χ0v) is 8.44. The van der Waals surface area contributed by atoms with Gasteiger partial charge in [-0.15, -0.1) is 0 Å². The molecule has 14 heavy (non-hydrogen) atoms. The molecule has 0 aliphatic heterocycles. The van der Waals surface area contributed by atoms with Crippen LogP contribution in [0.5, 0.6) is 0 Å². The third-order valence-electron chi connectivity index (χ3n) is 1.75. The minimum absolute atomic E-state index is 0.0366. The molecule has 1 aromatic rings. The van der Waals surface area contributed by atoms with Gasteiger partial charge in [0.25, 0.3) is 0 Å². The number of benzene rings is 1. The van der Waals surface area contributed by atoms with E-state index in [1.807, 2.05) is 0 Å². The maximum absolute atomic E-state index is 12.7. The topological polar surface area (TPSA) is 34.1 Å². The van der Waals surface area contributed by atoms with E-state index in [-0.39, 0.29) is 17.1 Å². The minimum atomic E-state index is -3.24. The Balaban J connectivity index is 2.98. The fourth-order valence-corrected chi connectivity index (χ4v) is 1.93. The lowest BCUT2D eigenvalue weighted by atomic mass is 10.2. The molecule has 0 spiro atoms. The van der Waals surface area contributed by atoms with E-state index >= 15 is 0 Å². The molecule has 5 heteroatoms. The van der Waals surface area contributed by atoms with Crippen LogP contribution in [0.3, 0.4) is 0 Å². The van der Waals surface area contributed by atoms with Crippen LogP contribution in [0.25, 0.3) is 0 Å². The highest BCUT2D eigenvalue weighted by molar-refractivity contribution is 7.90. The molecule has 0 N–H and O–H groups in total. The van der Waals surface area contributed by atoms with Gasteiger partial charge < -0.3 is 0 Å². The predicted octanol–water partition coefficient (Wildman–Crippen LogP) is 1.90. The summed E-state index contributed by atoms with van der Waals surface area (Å²) in [6.45, 7) is 1.49. The molecule has 0 unspecified atom stereocenters. The molecular weight excluding hydrogens is 210 g/mol. The first-order valence-corrected chi connectivity index (χ1v) is 5.90. The normalized spacial score (nSPS) is 11.6. The van der Waals surface area contributed by atoms with Crippen molar-refractivity contribution in [2.24, 2.45) is 0 Å². The molecule has 0 atom stereocenters. The van der Waals surface area contributed by atoms with E-state index < -0.39 is 21.5 Å². The Morgan fingerprint density at radius 3 is 2.07 bits per heavy atom. The lowest BCUT2D eigenvalue weighted by molar-refractivity contribution is 0.579. The van der Waals surface area contributed by atoms with Gasteiger partial charge in [0.15, 0.2) is 9.84 Å². The third kappa shape index (κ3) is 3.06. The van der Waals surface area contributed by atoms with E-state index in [9.17, 15) is 17.2 Å². The standard InChI is InChI=1S/C9H10F2O2S/c1-2-14(12,13)6-7-3-8(10)5-9(11)4-7/h3-5H,2,6H2,1H3.